The van der Waals surface area contributed by atoms with Gasteiger partial charge in [0.05, 0.1) is 0 Å². The van der Waals surface area contributed by atoms with Crippen molar-refractivity contribution in [2.24, 2.45) is 11.1 Å². The van der Waals surface area contributed by atoms with Crippen LogP contribution in [0.15, 0.2) is 36.7 Å². The minimum absolute atomic E-state index is 0.0453. The van der Waals surface area contributed by atoms with E-state index in [1.54, 1.807) is 12.4 Å². The lowest BCUT2D eigenvalue weighted by molar-refractivity contribution is -0.116. The quantitative estimate of drug-likeness (QED) is 0.905. The topological polar surface area (TPSA) is 68.0 Å². The highest BCUT2D eigenvalue weighted by Crippen LogP contribution is 2.24. The number of nitrogens with one attached hydrogen (secondary N) is 1. The summed E-state index contributed by atoms with van der Waals surface area (Å²) in [5, 5.41) is 4.95. The smallest absolute Gasteiger partial charge is 0.225 e. The first-order chi connectivity index (χ1) is 9.85. The molecular weight excluding hydrogens is 262 g/mol. The van der Waals surface area contributed by atoms with Crippen molar-refractivity contribution in [2.45, 2.75) is 39.7 Å². The third kappa shape index (κ3) is 4.53. The molecule has 0 bridgehead atoms. The molecule has 1 atom stereocenters. The molecule has 0 radical (unpaired) electrons. The Morgan fingerprint density at radius 3 is 2.81 bits per heavy atom. The lowest BCUT2D eigenvalue weighted by atomic mass is 9.87. The number of hydrogen-bond acceptors (Lipinski definition) is 3. The lowest BCUT2D eigenvalue weighted by Gasteiger charge is -2.22. The first-order valence-corrected chi connectivity index (χ1v) is 7.23. The molecule has 0 spiro atoms. The van der Waals surface area contributed by atoms with Gasteiger partial charge in [0.1, 0.15) is 0 Å². The van der Waals surface area contributed by atoms with E-state index in [-0.39, 0.29) is 17.4 Å². The molecule has 3 N–H and O–H groups in total. The fourth-order valence-electron chi connectivity index (χ4n) is 2.53. The molecule has 4 heteroatoms. The van der Waals surface area contributed by atoms with Crippen LogP contribution >= 0.6 is 0 Å². The first-order valence-electron chi connectivity index (χ1n) is 7.23. The summed E-state index contributed by atoms with van der Waals surface area (Å²) in [5.41, 5.74) is 6.99. The van der Waals surface area contributed by atoms with Crippen LogP contribution < -0.4 is 11.1 Å². The lowest BCUT2D eigenvalue weighted by Crippen LogP contribution is -2.31. The molecule has 1 heterocycles. The van der Waals surface area contributed by atoms with Crippen LogP contribution in [0.25, 0.3) is 10.8 Å². The number of benzene rings is 1. The second kappa shape index (κ2) is 6.22. The summed E-state index contributed by atoms with van der Waals surface area (Å²) in [6.07, 6.45) is 4.66. The monoisotopic (exact) mass is 285 g/mol. The van der Waals surface area contributed by atoms with Crippen LogP contribution in [0.5, 0.6) is 0 Å². The highest BCUT2D eigenvalue weighted by molar-refractivity contribution is 6.01. The zero-order valence-electron chi connectivity index (χ0n) is 12.9. The number of nitrogens with zero attached hydrogens (tertiary/aromatic N) is 1. The van der Waals surface area contributed by atoms with Crippen LogP contribution in [-0.4, -0.2) is 16.9 Å². The van der Waals surface area contributed by atoms with Gasteiger partial charge < -0.3 is 11.1 Å². The predicted molar refractivity (Wildman–Crippen MR) is 87.0 cm³/mol. The van der Waals surface area contributed by atoms with E-state index in [4.69, 9.17) is 5.73 Å². The van der Waals surface area contributed by atoms with Crippen LogP contribution in [0.4, 0.5) is 5.69 Å². The molecule has 1 aromatic carbocycles. The minimum atomic E-state index is -0.123. The summed E-state index contributed by atoms with van der Waals surface area (Å²) in [7, 11) is 0. The number of anilines is 1. The average Bonchev–Trinajstić information content (AvgIpc) is 2.36. The van der Waals surface area contributed by atoms with Gasteiger partial charge in [0, 0.05) is 41.3 Å². The van der Waals surface area contributed by atoms with Gasteiger partial charge in [-0.1, -0.05) is 32.9 Å². The van der Waals surface area contributed by atoms with Crippen LogP contribution in [0.3, 0.4) is 0 Å². The van der Waals surface area contributed by atoms with Crippen LogP contribution in [0, 0.1) is 5.41 Å². The summed E-state index contributed by atoms with van der Waals surface area (Å²) < 4.78 is 0. The Bertz CT molecular complexity index is 626. The van der Waals surface area contributed by atoms with Crippen molar-refractivity contribution >= 4 is 22.4 Å². The zero-order chi connectivity index (χ0) is 15.5. The Morgan fingerprint density at radius 2 is 2.10 bits per heavy atom. The first kappa shape index (κ1) is 15.4. The highest BCUT2D eigenvalue weighted by atomic mass is 16.1. The maximum Gasteiger partial charge on any atom is 0.225 e. The van der Waals surface area contributed by atoms with Crippen molar-refractivity contribution in [1.29, 1.82) is 0 Å². The van der Waals surface area contributed by atoms with Gasteiger partial charge in [-0.25, -0.2) is 0 Å². The molecule has 0 saturated heterocycles. The number of hydrogen-bond donors (Lipinski definition) is 2. The summed E-state index contributed by atoms with van der Waals surface area (Å²) in [4.78, 5) is 16.2. The Morgan fingerprint density at radius 1 is 1.33 bits per heavy atom. The van der Waals surface area contributed by atoms with Crippen molar-refractivity contribution in [3.05, 3.63) is 36.7 Å². The van der Waals surface area contributed by atoms with Crippen molar-refractivity contribution in [2.75, 3.05) is 5.32 Å². The summed E-state index contributed by atoms with van der Waals surface area (Å²) in [6.45, 7) is 6.38. The molecule has 4 nitrogen and oxygen atoms in total. The molecule has 0 aliphatic carbocycles. The molecule has 1 aromatic heterocycles. The van der Waals surface area contributed by atoms with Gasteiger partial charge in [-0.15, -0.1) is 0 Å². The predicted octanol–water partition coefficient (Wildman–Crippen LogP) is 3.33. The minimum Gasteiger partial charge on any atom is -0.327 e. The third-order valence-corrected chi connectivity index (χ3v) is 3.28. The number of carbonyl (C=O) groups is 1. The Kier molecular flexibility index (Phi) is 4.58. The molecular formula is C17H23N3O. The number of carbonyl (C=O) groups excluding carboxylic acids is 1. The fourth-order valence-corrected chi connectivity index (χ4v) is 2.53. The van der Waals surface area contributed by atoms with Gasteiger partial charge in [0.15, 0.2) is 0 Å². The van der Waals surface area contributed by atoms with Crippen LogP contribution in [0.2, 0.25) is 0 Å². The second-order valence-electron chi connectivity index (χ2n) is 6.68. The van der Waals surface area contributed by atoms with Crippen LogP contribution in [0.1, 0.15) is 33.6 Å². The van der Waals surface area contributed by atoms with E-state index in [9.17, 15) is 4.79 Å². The van der Waals surface area contributed by atoms with Gasteiger partial charge in [-0.3, -0.25) is 9.78 Å². The van der Waals surface area contributed by atoms with E-state index in [1.165, 1.54) is 0 Å². The maximum atomic E-state index is 12.1. The number of rotatable bonds is 4. The number of amides is 1. The molecule has 0 aliphatic heterocycles. The molecule has 2 aromatic rings. The second-order valence-corrected chi connectivity index (χ2v) is 6.68. The van der Waals surface area contributed by atoms with Gasteiger partial charge in [0.25, 0.3) is 0 Å². The molecule has 112 valence electrons. The van der Waals surface area contributed by atoms with Crippen molar-refractivity contribution in [1.82, 2.24) is 4.98 Å². The Balaban J connectivity index is 2.05. The summed E-state index contributed by atoms with van der Waals surface area (Å²) in [6, 6.07) is 7.56. The molecule has 0 saturated carbocycles. The summed E-state index contributed by atoms with van der Waals surface area (Å²) in [5.74, 6) is -0.0453. The number of nitrogens with two attached hydrogens (primary N) is 1. The van der Waals surface area contributed by atoms with Gasteiger partial charge in [0.2, 0.25) is 5.91 Å². The number of pyridine rings is 1. The molecule has 21 heavy (non-hydrogen) atoms. The zero-order valence-corrected chi connectivity index (χ0v) is 12.9. The van der Waals surface area contributed by atoms with Crippen LogP contribution in [-0.2, 0) is 4.79 Å². The van der Waals surface area contributed by atoms with Crippen molar-refractivity contribution < 1.29 is 4.79 Å². The molecule has 1 unspecified atom stereocenters. The number of aromatic nitrogens is 1. The van der Waals surface area contributed by atoms with E-state index in [2.05, 4.69) is 31.1 Å². The van der Waals surface area contributed by atoms with Gasteiger partial charge in [-0.2, -0.15) is 0 Å². The van der Waals surface area contributed by atoms with Crippen molar-refractivity contribution in [3.8, 4) is 0 Å². The Labute approximate surface area is 125 Å². The third-order valence-electron chi connectivity index (χ3n) is 3.28. The fraction of sp³-hybridized carbons (Fsp3) is 0.412. The largest absolute Gasteiger partial charge is 0.327 e. The SMILES string of the molecule is CC(C)(C)CC(N)CC(=O)Nc1cccc2cnccc12. The van der Waals surface area contributed by atoms with E-state index in [0.29, 0.717) is 6.42 Å². The molecule has 1 amide bonds. The average molecular weight is 285 g/mol. The van der Waals surface area contributed by atoms with Crippen molar-refractivity contribution in [3.63, 3.8) is 0 Å². The Hall–Kier alpha value is -1.94. The highest BCUT2D eigenvalue weighted by Gasteiger charge is 2.18. The number of fused-ring (bicyclic) bond motifs is 1. The van der Waals surface area contributed by atoms with E-state index < -0.39 is 0 Å². The van der Waals surface area contributed by atoms with E-state index in [1.807, 2.05) is 24.3 Å². The summed E-state index contributed by atoms with van der Waals surface area (Å²) >= 11 is 0. The van der Waals surface area contributed by atoms with Gasteiger partial charge in [-0.05, 0) is 24.0 Å². The standard InChI is InChI=1S/C17H23N3O/c1-17(2,3)10-13(18)9-16(21)20-15-6-4-5-12-11-19-8-7-14(12)15/h4-8,11,13H,9-10,18H2,1-3H3,(H,20,21). The van der Waals surface area contributed by atoms with E-state index >= 15 is 0 Å². The molecule has 0 fully saturated rings. The van der Waals surface area contributed by atoms with Gasteiger partial charge >= 0.3 is 0 Å². The van der Waals surface area contributed by atoms with E-state index in [0.717, 1.165) is 22.9 Å². The molecule has 0 aliphatic rings. The molecule has 2 rings (SSSR count). The maximum absolute atomic E-state index is 12.1. The normalized spacial score (nSPS) is 13.1.